The quantitative estimate of drug-likeness (QED) is 0.936. The fourth-order valence-corrected chi connectivity index (χ4v) is 1.57. The molecule has 6 heteroatoms. The number of aromatic nitrogens is 2. The molecule has 0 bridgehead atoms. The van der Waals surface area contributed by atoms with Gasteiger partial charge in [0.15, 0.2) is 5.15 Å². The summed E-state index contributed by atoms with van der Waals surface area (Å²) in [6.45, 7) is 1.95. The molecule has 0 unspecified atom stereocenters. The summed E-state index contributed by atoms with van der Waals surface area (Å²) >= 11 is 5.81. The van der Waals surface area contributed by atoms with E-state index in [4.69, 9.17) is 16.3 Å². The van der Waals surface area contributed by atoms with E-state index in [2.05, 4.69) is 15.5 Å². The molecule has 0 radical (unpaired) electrons. The third kappa shape index (κ3) is 3.93. The van der Waals surface area contributed by atoms with E-state index in [9.17, 15) is 4.79 Å². The normalized spacial score (nSPS) is 10.0. The Bertz CT molecular complexity index is 575. The molecule has 1 N–H and O–H groups in total. The summed E-state index contributed by atoms with van der Waals surface area (Å²) in [5, 5.41) is 10.1. The number of anilines is 1. The minimum atomic E-state index is -0.585. The molecule has 5 nitrogen and oxygen atoms in total. The number of ether oxygens (including phenoxy) is 1. The number of amides is 1. The molecule has 1 aromatic carbocycles. The Hall–Kier alpha value is -2.14. The number of carbonyl (C=O) groups is 1. The molecule has 1 amide bonds. The highest BCUT2D eigenvalue weighted by Gasteiger charge is 2.08. The van der Waals surface area contributed by atoms with Crippen molar-refractivity contribution in [2.75, 3.05) is 5.32 Å². The Morgan fingerprint density at radius 3 is 2.79 bits per heavy atom. The SMILES string of the molecule is Cc1cc(NC(=O)OCc2ccccc2)c(Cl)nn1. The van der Waals surface area contributed by atoms with E-state index >= 15 is 0 Å². The number of halogens is 1. The van der Waals surface area contributed by atoms with Gasteiger partial charge in [-0.2, -0.15) is 5.10 Å². The van der Waals surface area contributed by atoms with Crippen LogP contribution in [0.3, 0.4) is 0 Å². The zero-order valence-electron chi connectivity index (χ0n) is 10.3. The van der Waals surface area contributed by atoms with Crippen molar-refractivity contribution in [1.29, 1.82) is 0 Å². The summed E-state index contributed by atoms with van der Waals surface area (Å²) in [6.07, 6.45) is -0.585. The first kappa shape index (κ1) is 13.3. The van der Waals surface area contributed by atoms with Crippen molar-refractivity contribution in [3.8, 4) is 0 Å². The molecule has 1 aromatic heterocycles. The predicted molar refractivity (Wildman–Crippen MR) is 72.0 cm³/mol. The highest BCUT2D eigenvalue weighted by molar-refractivity contribution is 6.32. The number of nitrogens with one attached hydrogen (secondary N) is 1. The van der Waals surface area contributed by atoms with Gasteiger partial charge in [-0.3, -0.25) is 5.32 Å². The second-order valence-corrected chi connectivity index (χ2v) is 4.23. The lowest BCUT2D eigenvalue weighted by molar-refractivity contribution is 0.155. The first-order chi connectivity index (χ1) is 9.15. The molecule has 0 saturated carbocycles. The van der Waals surface area contributed by atoms with Crippen LogP contribution in [0.4, 0.5) is 10.5 Å². The maximum Gasteiger partial charge on any atom is 0.412 e. The van der Waals surface area contributed by atoms with Crippen LogP contribution in [-0.2, 0) is 11.3 Å². The molecule has 0 aliphatic heterocycles. The van der Waals surface area contributed by atoms with Crippen LogP contribution >= 0.6 is 11.6 Å². The minimum absolute atomic E-state index is 0.127. The van der Waals surface area contributed by atoms with Crippen LogP contribution in [-0.4, -0.2) is 16.3 Å². The van der Waals surface area contributed by atoms with E-state index in [1.54, 1.807) is 13.0 Å². The zero-order chi connectivity index (χ0) is 13.7. The van der Waals surface area contributed by atoms with Crippen molar-refractivity contribution in [2.45, 2.75) is 13.5 Å². The largest absolute Gasteiger partial charge is 0.444 e. The molecular formula is C13H12ClN3O2. The number of hydrogen-bond donors (Lipinski definition) is 1. The van der Waals surface area contributed by atoms with Crippen LogP contribution < -0.4 is 5.32 Å². The first-order valence-electron chi connectivity index (χ1n) is 5.62. The Balaban J connectivity index is 1.93. The van der Waals surface area contributed by atoms with Gasteiger partial charge in [-0.25, -0.2) is 4.79 Å². The molecule has 19 heavy (non-hydrogen) atoms. The Morgan fingerprint density at radius 1 is 1.32 bits per heavy atom. The first-order valence-corrected chi connectivity index (χ1v) is 6.00. The maximum absolute atomic E-state index is 11.6. The van der Waals surface area contributed by atoms with E-state index in [1.807, 2.05) is 30.3 Å². The third-order valence-corrected chi connectivity index (χ3v) is 2.60. The summed E-state index contributed by atoms with van der Waals surface area (Å²) < 4.78 is 5.07. The van der Waals surface area contributed by atoms with Gasteiger partial charge in [0.25, 0.3) is 0 Å². The molecule has 98 valence electrons. The van der Waals surface area contributed by atoms with Gasteiger partial charge >= 0.3 is 6.09 Å². The fraction of sp³-hybridized carbons (Fsp3) is 0.154. The van der Waals surface area contributed by atoms with Crippen LogP contribution in [0.5, 0.6) is 0 Å². The molecular weight excluding hydrogens is 266 g/mol. The molecule has 2 aromatic rings. The van der Waals surface area contributed by atoms with Gasteiger partial charge in [0.2, 0.25) is 0 Å². The molecule has 1 heterocycles. The number of hydrogen-bond acceptors (Lipinski definition) is 4. The molecule has 0 fully saturated rings. The smallest absolute Gasteiger partial charge is 0.412 e. The summed E-state index contributed by atoms with van der Waals surface area (Å²) in [7, 11) is 0. The second kappa shape index (κ2) is 6.15. The van der Waals surface area contributed by atoms with Crippen molar-refractivity contribution in [3.05, 3.63) is 52.8 Å². The molecule has 0 saturated heterocycles. The molecule has 2 rings (SSSR count). The number of rotatable bonds is 3. The van der Waals surface area contributed by atoms with Gasteiger partial charge in [-0.1, -0.05) is 41.9 Å². The fourth-order valence-electron chi connectivity index (χ4n) is 1.43. The predicted octanol–water partition coefficient (Wildman–Crippen LogP) is 3.19. The zero-order valence-corrected chi connectivity index (χ0v) is 11.0. The minimum Gasteiger partial charge on any atom is -0.444 e. The van der Waals surface area contributed by atoms with E-state index in [0.717, 1.165) is 5.56 Å². The Kier molecular flexibility index (Phi) is 4.30. The van der Waals surface area contributed by atoms with Crippen LogP contribution in [0.2, 0.25) is 5.15 Å². The maximum atomic E-state index is 11.6. The molecule has 0 atom stereocenters. The molecule has 0 aliphatic rings. The van der Waals surface area contributed by atoms with Crippen molar-refractivity contribution in [3.63, 3.8) is 0 Å². The van der Waals surface area contributed by atoms with Gasteiger partial charge in [-0.15, -0.1) is 5.10 Å². The van der Waals surface area contributed by atoms with Gasteiger partial charge in [0.05, 0.1) is 11.4 Å². The van der Waals surface area contributed by atoms with E-state index in [-0.39, 0.29) is 11.8 Å². The van der Waals surface area contributed by atoms with Crippen LogP contribution in [0, 0.1) is 6.92 Å². The third-order valence-electron chi connectivity index (χ3n) is 2.32. The highest BCUT2D eigenvalue weighted by atomic mass is 35.5. The topological polar surface area (TPSA) is 64.1 Å². The lowest BCUT2D eigenvalue weighted by Crippen LogP contribution is -2.14. The highest BCUT2D eigenvalue weighted by Crippen LogP contribution is 2.18. The number of nitrogens with zero attached hydrogens (tertiary/aromatic N) is 2. The van der Waals surface area contributed by atoms with Crippen molar-refractivity contribution < 1.29 is 9.53 Å². The Morgan fingerprint density at radius 2 is 2.05 bits per heavy atom. The lowest BCUT2D eigenvalue weighted by Gasteiger charge is -2.08. The lowest BCUT2D eigenvalue weighted by atomic mass is 10.2. The summed E-state index contributed by atoms with van der Waals surface area (Å²) in [6, 6.07) is 11.0. The summed E-state index contributed by atoms with van der Waals surface area (Å²) in [4.78, 5) is 11.6. The summed E-state index contributed by atoms with van der Waals surface area (Å²) in [5.41, 5.74) is 1.95. The van der Waals surface area contributed by atoms with Crippen molar-refractivity contribution in [2.24, 2.45) is 0 Å². The van der Waals surface area contributed by atoms with Gasteiger partial charge < -0.3 is 4.74 Å². The summed E-state index contributed by atoms with van der Waals surface area (Å²) in [5.74, 6) is 0. The monoisotopic (exact) mass is 277 g/mol. The average Bonchev–Trinajstić information content (AvgIpc) is 2.42. The van der Waals surface area contributed by atoms with Crippen molar-refractivity contribution in [1.82, 2.24) is 10.2 Å². The Labute approximate surface area is 115 Å². The van der Waals surface area contributed by atoms with Crippen LogP contribution in [0.25, 0.3) is 0 Å². The standard InChI is InChI=1S/C13H12ClN3O2/c1-9-7-11(12(14)17-16-9)15-13(18)19-8-10-5-3-2-4-6-10/h2-7H,8H2,1H3,(H,15,16,18). The van der Waals surface area contributed by atoms with Gasteiger partial charge in [-0.05, 0) is 18.6 Å². The number of aryl methyl sites for hydroxylation is 1. The second-order valence-electron chi connectivity index (χ2n) is 3.88. The van der Waals surface area contributed by atoms with Crippen LogP contribution in [0.15, 0.2) is 36.4 Å². The number of carbonyl (C=O) groups excluding carboxylic acids is 1. The molecule has 0 aliphatic carbocycles. The van der Waals surface area contributed by atoms with Crippen molar-refractivity contribution >= 4 is 23.4 Å². The van der Waals surface area contributed by atoms with E-state index in [1.165, 1.54) is 0 Å². The molecule has 0 spiro atoms. The van der Waals surface area contributed by atoms with Crippen LogP contribution in [0.1, 0.15) is 11.3 Å². The van der Waals surface area contributed by atoms with E-state index in [0.29, 0.717) is 11.4 Å². The van der Waals surface area contributed by atoms with Gasteiger partial charge in [0, 0.05) is 0 Å². The number of benzene rings is 1. The van der Waals surface area contributed by atoms with Gasteiger partial charge in [0.1, 0.15) is 6.61 Å². The van der Waals surface area contributed by atoms with E-state index < -0.39 is 6.09 Å². The average molecular weight is 278 g/mol.